The summed E-state index contributed by atoms with van der Waals surface area (Å²) in [7, 11) is -2.47. The Morgan fingerprint density at radius 3 is 2.53 bits per heavy atom. The molecule has 82 valence electrons. The highest BCUT2D eigenvalue weighted by Gasteiger charge is 2.50. The Balaban J connectivity index is 2.42. The molecule has 1 saturated heterocycles. The van der Waals surface area contributed by atoms with Gasteiger partial charge in [-0.25, -0.2) is 0 Å². The standard InChI is InChI=1S/C11H14BrO2P/c1-11(13)7-8-15(14,10(11)12)9-5-3-2-4-6-9/h2-6,10,13H,7-8H2,1H3/t10-,11+,15-/m1/s1. The predicted octanol–water partition coefficient (Wildman–Crippen LogP) is 2.55. The van der Waals surface area contributed by atoms with Crippen LogP contribution in [0.4, 0.5) is 0 Å². The third-order valence-corrected chi connectivity index (χ3v) is 9.34. The molecule has 2 rings (SSSR count). The van der Waals surface area contributed by atoms with Crippen LogP contribution >= 0.6 is 23.1 Å². The maximum atomic E-state index is 12.8. The molecule has 2 nitrogen and oxygen atoms in total. The average Bonchev–Trinajstić information content (AvgIpc) is 2.45. The number of rotatable bonds is 1. The van der Waals surface area contributed by atoms with Crippen LogP contribution in [0, 0.1) is 0 Å². The first-order chi connectivity index (χ1) is 6.97. The van der Waals surface area contributed by atoms with Crippen molar-refractivity contribution in [3.8, 4) is 0 Å². The minimum Gasteiger partial charge on any atom is -0.388 e. The van der Waals surface area contributed by atoms with Crippen LogP contribution in [0.25, 0.3) is 0 Å². The van der Waals surface area contributed by atoms with Crippen molar-refractivity contribution in [1.82, 2.24) is 0 Å². The van der Waals surface area contributed by atoms with Crippen LogP contribution < -0.4 is 5.30 Å². The molecule has 1 aliphatic heterocycles. The second kappa shape index (κ2) is 3.73. The topological polar surface area (TPSA) is 37.3 Å². The van der Waals surface area contributed by atoms with E-state index in [1.54, 1.807) is 6.92 Å². The van der Waals surface area contributed by atoms with Crippen molar-refractivity contribution in [3.05, 3.63) is 30.3 Å². The maximum Gasteiger partial charge on any atom is 0.131 e. The van der Waals surface area contributed by atoms with Gasteiger partial charge in [0.15, 0.2) is 0 Å². The van der Waals surface area contributed by atoms with E-state index in [0.29, 0.717) is 12.6 Å². The van der Waals surface area contributed by atoms with Crippen molar-refractivity contribution >= 4 is 28.4 Å². The Hall–Kier alpha value is -0.110. The molecule has 0 aromatic heterocycles. The molecule has 1 fully saturated rings. The molecule has 0 spiro atoms. The lowest BCUT2D eigenvalue weighted by Gasteiger charge is -2.24. The van der Waals surface area contributed by atoms with E-state index in [-0.39, 0.29) is 4.57 Å². The predicted molar refractivity (Wildman–Crippen MR) is 66.5 cm³/mol. The summed E-state index contributed by atoms with van der Waals surface area (Å²) in [6.45, 7) is 1.75. The van der Waals surface area contributed by atoms with Gasteiger partial charge in [-0.2, -0.15) is 0 Å². The number of hydrogen-bond acceptors (Lipinski definition) is 2. The lowest BCUT2D eigenvalue weighted by atomic mass is 10.1. The smallest absolute Gasteiger partial charge is 0.131 e. The van der Waals surface area contributed by atoms with Gasteiger partial charge in [-0.05, 0) is 13.3 Å². The number of halogens is 1. The van der Waals surface area contributed by atoms with E-state index in [1.165, 1.54) is 0 Å². The minimum atomic E-state index is -2.47. The summed E-state index contributed by atoms with van der Waals surface area (Å²) in [5.41, 5.74) is -0.856. The number of benzene rings is 1. The molecule has 0 saturated carbocycles. The summed E-state index contributed by atoms with van der Waals surface area (Å²) >= 11 is 3.41. The summed E-state index contributed by atoms with van der Waals surface area (Å²) < 4.78 is 12.4. The van der Waals surface area contributed by atoms with Crippen molar-refractivity contribution in [3.63, 3.8) is 0 Å². The van der Waals surface area contributed by atoms with Crippen molar-refractivity contribution in [2.45, 2.75) is 23.5 Å². The van der Waals surface area contributed by atoms with E-state index in [2.05, 4.69) is 15.9 Å². The summed E-state index contributed by atoms with van der Waals surface area (Å²) in [4.78, 5) is 0. The molecule has 0 unspecified atom stereocenters. The minimum absolute atomic E-state index is 0.320. The fourth-order valence-electron chi connectivity index (χ4n) is 2.01. The average molecular weight is 289 g/mol. The SMILES string of the molecule is C[C@]1(O)CC[P@@](=O)(c2ccccc2)[C@H]1Br. The van der Waals surface area contributed by atoms with Gasteiger partial charge in [0.25, 0.3) is 0 Å². The molecule has 0 aliphatic carbocycles. The van der Waals surface area contributed by atoms with Gasteiger partial charge in [-0.1, -0.05) is 46.3 Å². The molecule has 1 aromatic rings. The molecule has 1 aromatic carbocycles. The molecule has 15 heavy (non-hydrogen) atoms. The van der Waals surface area contributed by atoms with E-state index in [4.69, 9.17) is 0 Å². The fraction of sp³-hybridized carbons (Fsp3) is 0.455. The van der Waals surface area contributed by atoms with Crippen LogP contribution in [0.5, 0.6) is 0 Å². The first-order valence-electron chi connectivity index (χ1n) is 4.98. The van der Waals surface area contributed by atoms with Gasteiger partial charge in [0.05, 0.1) is 5.60 Å². The van der Waals surface area contributed by atoms with Crippen LogP contribution in [0.15, 0.2) is 30.3 Å². The van der Waals surface area contributed by atoms with Gasteiger partial charge in [0.2, 0.25) is 0 Å². The Labute approximate surface area is 98.2 Å². The Bertz CT molecular complexity index is 402. The quantitative estimate of drug-likeness (QED) is 0.637. The Kier molecular flexibility index (Phi) is 2.83. The van der Waals surface area contributed by atoms with E-state index in [9.17, 15) is 9.67 Å². The lowest BCUT2D eigenvalue weighted by Crippen LogP contribution is -2.30. The van der Waals surface area contributed by atoms with Gasteiger partial charge in [0.1, 0.15) is 11.7 Å². The van der Waals surface area contributed by atoms with Crippen LogP contribution in [0.2, 0.25) is 0 Å². The second-order valence-corrected chi connectivity index (χ2v) is 8.99. The monoisotopic (exact) mass is 288 g/mol. The van der Waals surface area contributed by atoms with Crippen LogP contribution in [-0.2, 0) is 4.57 Å². The van der Waals surface area contributed by atoms with Crippen molar-refractivity contribution in [2.75, 3.05) is 6.16 Å². The molecule has 3 atom stereocenters. The van der Waals surface area contributed by atoms with E-state index in [1.807, 2.05) is 30.3 Å². The zero-order valence-electron chi connectivity index (χ0n) is 8.56. The van der Waals surface area contributed by atoms with Crippen LogP contribution in [-0.4, -0.2) is 21.4 Å². The summed E-state index contributed by atoms with van der Waals surface area (Å²) in [5.74, 6) is 0. The van der Waals surface area contributed by atoms with Crippen LogP contribution in [0.3, 0.4) is 0 Å². The summed E-state index contributed by atoms with van der Waals surface area (Å²) in [5, 5.41) is 10.9. The van der Waals surface area contributed by atoms with Gasteiger partial charge in [-0.3, -0.25) is 0 Å². The lowest BCUT2D eigenvalue weighted by molar-refractivity contribution is 0.0820. The molecular formula is C11H14BrO2P. The van der Waals surface area contributed by atoms with E-state index >= 15 is 0 Å². The Morgan fingerprint density at radius 1 is 1.47 bits per heavy atom. The zero-order chi connectivity index (χ0) is 11.1. The Morgan fingerprint density at radius 2 is 2.07 bits per heavy atom. The molecule has 0 radical (unpaired) electrons. The van der Waals surface area contributed by atoms with E-state index < -0.39 is 12.7 Å². The molecular weight excluding hydrogens is 275 g/mol. The van der Waals surface area contributed by atoms with Gasteiger partial charge >= 0.3 is 0 Å². The van der Waals surface area contributed by atoms with Crippen LogP contribution in [0.1, 0.15) is 13.3 Å². The largest absolute Gasteiger partial charge is 0.388 e. The third-order valence-electron chi connectivity index (χ3n) is 3.02. The van der Waals surface area contributed by atoms with Gasteiger partial charge < -0.3 is 9.67 Å². The highest BCUT2D eigenvalue weighted by atomic mass is 79.9. The zero-order valence-corrected chi connectivity index (χ0v) is 11.0. The van der Waals surface area contributed by atoms with Gasteiger partial charge in [-0.15, -0.1) is 0 Å². The highest BCUT2D eigenvalue weighted by molar-refractivity contribution is 9.11. The normalized spacial score (nSPS) is 40.6. The number of aliphatic hydroxyl groups is 1. The second-order valence-electron chi connectivity index (χ2n) is 4.30. The number of hydrogen-bond donors (Lipinski definition) is 1. The fourth-order valence-corrected chi connectivity index (χ4v) is 6.80. The molecule has 1 heterocycles. The molecule has 0 amide bonds. The molecule has 1 N–H and O–H groups in total. The van der Waals surface area contributed by atoms with Gasteiger partial charge in [0, 0.05) is 11.5 Å². The molecule has 0 bridgehead atoms. The van der Waals surface area contributed by atoms with Crippen molar-refractivity contribution in [1.29, 1.82) is 0 Å². The molecule has 4 heteroatoms. The summed E-state index contributed by atoms with van der Waals surface area (Å²) in [6.07, 6.45) is 1.18. The first-order valence-corrected chi connectivity index (χ1v) is 7.85. The summed E-state index contributed by atoms with van der Waals surface area (Å²) in [6, 6.07) is 9.46. The first kappa shape index (κ1) is 11.4. The molecule has 1 aliphatic rings. The van der Waals surface area contributed by atoms with Crippen molar-refractivity contribution in [2.24, 2.45) is 0 Å². The highest BCUT2D eigenvalue weighted by Crippen LogP contribution is 2.62. The van der Waals surface area contributed by atoms with Crippen molar-refractivity contribution < 1.29 is 9.67 Å². The number of alkyl halides is 1. The third kappa shape index (κ3) is 1.82. The maximum absolute atomic E-state index is 12.8. The van der Waals surface area contributed by atoms with E-state index in [0.717, 1.165) is 5.30 Å².